The number of rotatable bonds is 7. The lowest BCUT2D eigenvalue weighted by Gasteiger charge is -2.29. The predicted molar refractivity (Wildman–Crippen MR) is 261 cm³/mol. The molecule has 0 N–H and O–H groups in total. The Morgan fingerprint density at radius 1 is 0.426 bits per heavy atom. The molecule has 0 amide bonds. The first kappa shape index (κ1) is 36.0. The Morgan fingerprint density at radius 2 is 1.05 bits per heavy atom. The topological polar surface area (TPSA) is 16.4 Å². The Hall–Kier alpha value is -6.94. The summed E-state index contributed by atoms with van der Waals surface area (Å²) in [6, 6.07) is 71.6. The number of thiophene rings is 1. The van der Waals surface area contributed by atoms with Crippen molar-refractivity contribution in [3.63, 3.8) is 0 Å². The zero-order chi connectivity index (χ0) is 40.3. The molecule has 0 unspecified atom stereocenters. The lowest BCUT2D eigenvalue weighted by Crippen LogP contribution is -2.11. The van der Waals surface area contributed by atoms with Crippen LogP contribution >= 0.6 is 11.3 Å². The van der Waals surface area contributed by atoms with Crippen LogP contribution in [0.15, 0.2) is 199 Å². The summed E-state index contributed by atoms with van der Waals surface area (Å²) in [6.45, 7) is 0. The van der Waals surface area contributed by atoms with Crippen molar-refractivity contribution in [3.05, 3.63) is 200 Å². The van der Waals surface area contributed by atoms with Crippen molar-refractivity contribution in [1.29, 1.82) is 0 Å². The molecular weight excluding hydrogens is 759 g/mol. The van der Waals surface area contributed by atoms with E-state index in [4.69, 9.17) is 4.42 Å². The maximum absolute atomic E-state index is 6.17. The SMILES string of the molecule is c1ccc(N(c2ccc(-c3ccc4oc5ccccc5c4c3)cc2)c2ccc(-c3cccc4sc5ccccc5c34)cc2)c(-c2cccc3cccc(C4CCCCC4)c23)c1. The van der Waals surface area contributed by atoms with Crippen LogP contribution in [0.1, 0.15) is 43.6 Å². The maximum Gasteiger partial charge on any atom is 0.135 e. The zero-order valence-corrected chi connectivity index (χ0v) is 34.7. The third-order valence-corrected chi connectivity index (χ3v) is 14.2. The minimum absolute atomic E-state index is 0.589. The van der Waals surface area contributed by atoms with Gasteiger partial charge in [-0.1, -0.05) is 153 Å². The normalized spacial score (nSPS) is 13.5. The molecule has 9 aromatic carbocycles. The van der Waals surface area contributed by atoms with Gasteiger partial charge in [0.1, 0.15) is 11.2 Å². The molecule has 1 aliphatic rings. The molecule has 0 radical (unpaired) electrons. The number of fused-ring (bicyclic) bond motifs is 7. The monoisotopic (exact) mass is 801 g/mol. The number of hydrogen-bond acceptors (Lipinski definition) is 3. The summed E-state index contributed by atoms with van der Waals surface area (Å²) in [5.41, 5.74) is 14.1. The highest BCUT2D eigenvalue weighted by molar-refractivity contribution is 7.25. The average molecular weight is 802 g/mol. The second-order valence-corrected chi connectivity index (χ2v) is 17.7. The smallest absolute Gasteiger partial charge is 0.135 e. The molecule has 0 aliphatic heterocycles. The summed E-state index contributed by atoms with van der Waals surface area (Å²) >= 11 is 1.87. The molecule has 2 nitrogen and oxygen atoms in total. The minimum Gasteiger partial charge on any atom is -0.456 e. The fraction of sp³-hybridized carbons (Fsp3) is 0.103. The van der Waals surface area contributed by atoms with Crippen LogP contribution in [0.2, 0.25) is 0 Å². The van der Waals surface area contributed by atoms with Gasteiger partial charge in [0, 0.05) is 47.9 Å². The second kappa shape index (κ2) is 15.0. The number of nitrogens with zero attached hydrogens (tertiary/aromatic N) is 1. The molecule has 11 aromatic rings. The molecule has 12 rings (SSSR count). The van der Waals surface area contributed by atoms with E-state index in [9.17, 15) is 0 Å². The summed E-state index contributed by atoms with van der Waals surface area (Å²) in [6.07, 6.45) is 6.49. The number of hydrogen-bond donors (Lipinski definition) is 0. The molecule has 1 saturated carbocycles. The molecule has 3 heteroatoms. The highest BCUT2D eigenvalue weighted by atomic mass is 32.1. The van der Waals surface area contributed by atoms with Crippen LogP contribution in [0.3, 0.4) is 0 Å². The van der Waals surface area contributed by atoms with Gasteiger partial charge in [0.05, 0.1) is 5.69 Å². The van der Waals surface area contributed by atoms with Crippen LogP contribution in [0, 0.1) is 0 Å². The van der Waals surface area contributed by atoms with Gasteiger partial charge in [-0.2, -0.15) is 0 Å². The van der Waals surface area contributed by atoms with E-state index in [1.807, 2.05) is 23.5 Å². The predicted octanol–water partition coefficient (Wildman–Crippen LogP) is 17.6. The van der Waals surface area contributed by atoms with E-state index in [0.29, 0.717) is 5.92 Å². The van der Waals surface area contributed by atoms with E-state index < -0.39 is 0 Å². The molecule has 1 fully saturated rings. The molecule has 0 saturated heterocycles. The first-order chi connectivity index (χ1) is 30.2. The summed E-state index contributed by atoms with van der Waals surface area (Å²) < 4.78 is 8.82. The molecule has 0 spiro atoms. The van der Waals surface area contributed by atoms with Gasteiger partial charge in [-0.15, -0.1) is 11.3 Å². The number of anilines is 3. The third-order valence-electron chi connectivity index (χ3n) is 13.1. The number of furan rings is 1. The van der Waals surface area contributed by atoms with Gasteiger partial charge in [0.15, 0.2) is 0 Å². The molecule has 2 aromatic heterocycles. The molecule has 0 bridgehead atoms. The van der Waals surface area contributed by atoms with Crippen molar-refractivity contribution < 1.29 is 4.42 Å². The highest BCUT2D eigenvalue weighted by Crippen LogP contribution is 2.47. The van der Waals surface area contributed by atoms with Gasteiger partial charge >= 0.3 is 0 Å². The molecule has 61 heavy (non-hydrogen) atoms. The Labute approximate surface area is 360 Å². The molecular formula is C58H43NOS. The van der Waals surface area contributed by atoms with Crippen LogP contribution in [0.4, 0.5) is 17.1 Å². The fourth-order valence-corrected chi connectivity index (χ4v) is 11.3. The fourth-order valence-electron chi connectivity index (χ4n) is 10.2. The lowest BCUT2D eigenvalue weighted by atomic mass is 9.80. The van der Waals surface area contributed by atoms with E-state index >= 15 is 0 Å². The van der Waals surface area contributed by atoms with Gasteiger partial charge < -0.3 is 9.32 Å². The molecule has 292 valence electrons. The summed E-state index contributed by atoms with van der Waals surface area (Å²) in [4.78, 5) is 2.46. The van der Waals surface area contributed by atoms with Crippen molar-refractivity contribution in [3.8, 4) is 33.4 Å². The van der Waals surface area contributed by atoms with Crippen LogP contribution < -0.4 is 4.90 Å². The Morgan fingerprint density at radius 3 is 1.89 bits per heavy atom. The van der Waals surface area contributed by atoms with Crippen LogP contribution in [-0.4, -0.2) is 0 Å². The maximum atomic E-state index is 6.17. The largest absolute Gasteiger partial charge is 0.456 e. The minimum atomic E-state index is 0.589. The van der Waals surface area contributed by atoms with Gasteiger partial charge in [0.25, 0.3) is 0 Å². The highest BCUT2D eigenvalue weighted by Gasteiger charge is 2.23. The Bertz CT molecular complexity index is 3400. The van der Waals surface area contributed by atoms with E-state index in [0.717, 1.165) is 39.0 Å². The van der Waals surface area contributed by atoms with Crippen LogP contribution in [0.25, 0.3) is 86.3 Å². The van der Waals surface area contributed by atoms with Crippen molar-refractivity contribution in [2.45, 2.75) is 38.0 Å². The molecule has 0 atom stereocenters. The van der Waals surface area contributed by atoms with Crippen LogP contribution in [-0.2, 0) is 0 Å². The first-order valence-corrected chi connectivity index (χ1v) is 22.5. The summed E-state index contributed by atoms with van der Waals surface area (Å²) in [5, 5.41) is 7.65. The summed E-state index contributed by atoms with van der Waals surface area (Å²) in [7, 11) is 0. The third kappa shape index (κ3) is 6.23. The van der Waals surface area contributed by atoms with Crippen molar-refractivity contribution in [2.75, 3.05) is 4.90 Å². The Balaban J connectivity index is 1.01. The van der Waals surface area contributed by atoms with Gasteiger partial charge in [0.2, 0.25) is 0 Å². The van der Waals surface area contributed by atoms with E-state index in [-0.39, 0.29) is 0 Å². The van der Waals surface area contributed by atoms with Crippen molar-refractivity contribution in [1.82, 2.24) is 0 Å². The summed E-state index contributed by atoms with van der Waals surface area (Å²) in [5.74, 6) is 0.589. The average Bonchev–Trinajstić information content (AvgIpc) is 3.91. The van der Waals surface area contributed by atoms with Gasteiger partial charge in [-0.3, -0.25) is 0 Å². The second-order valence-electron chi connectivity index (χ2n) is 16.6. The van der Waals surface area contributed by atoms with Crippen molar-refractivity contribution in [2.24, 2.45) is 0 Å². The quantitative estimate of drug-likeness (QED) is 0.160. The standard InChI is InChI=1S/C58H43NOS/c1-2-13-39(14-3-1)45-20-10-15-41-16-11-22-49(57(41)45)47-17-4-7-23-52(47)59(43-32-27-38(28-33-43)42-31-36-54-51(37-42)48-18-5-8-24-53(48)60-54)44-34-29-40(30-35-44)46-21-12-26-56-58(46)50-19-6-9-25-55(50)61-56/h4-12,15-37,39H,1-3,13-14H2. The zero-order valence-electron chi connectivity index (χ0n) is 33.9. The Kier molecular flexibility index (Phi) is 8.82. The van der Waals surface area contributed by atoms with Gasteiger partial charge in [-0.05, 0) is 124 Å². The van der Waals surface area contributed by atoms with Crippen molar-refractivity contribution >= 4 is 81.3 Å². The molecule has 1 aliphatic carbocycles. The lowest BCUT2D eigenvalue weighted by molar-refractivity contribution is 0.445. The van der Waals surface area contributed by atoms with Gasteiger partial charge in [-0.25, -0.2) is 0 Å². The van der Waals surface area contributed by atoms with E-state index in [2.05, 4.69) is 187 Å². The number of para-hydroxylation sites is 2. The van der Waals surface area contributed by atoms with Crippen LogP contribution in [0.5, 0.6) is 0 Å². The van der Waals surface area contributed by atoms with E-state index in [1.54, 1.807) is 0 Å². The first-order valence-electron chi connectivity index (χ1n) is 21.7. The van der Waals surface area contributed by atoms with E-state index in [1.165, 1.54) is 102 Å². The molecule has 2 heterocycles. The number of benzene rings is 9.